The molecule has 72 heavy (non-hydrogen) atoms. The molecular weight excluding hydrogens is 887 g/mol. The van der Waals surface area contributed by atoms with Crippen molar-refractivity contribution in [1.29, 1.82) is 0 Å². The molecule has 0 heterocycles. The molecule has 3 N–H and O–H groups in total. The standard InChI is InChI=1S/C66H127NO5/c1-3-5-7-9-11-13-15-17-18-19-20-25-28-31-35-38-42-46-50-54-58-64(69)63(62-68)67-65(70)59-55-51-47-43-39-36-32-29-26-23-21-22-24-27-30-33-37-41-45-49-53-57-61-72-66(71)60-56-52-48-44-40-34-16-14-12-10-8-6-4-2/h14,16,23,26,63-64,68-69H,3-13,15,17-22,24-25,27-62H2,1-2H3,(H,67,70)/b16-14-,26-23-. The summed E-state index contributed by atoms with van der Waals surface area (Å²) in [4.78, 5) is 24.6. The highest BCUT2D eigenvalue weighted by Crippen LogP contribution is 2.18. The lowest BCUT2D eigenvalue weighted by Crippen LogP contribution is -2.45. The Kier molecular flexibility index (Phi) is 60.5. The van der Waals surface area contributed by atoms with Crippen LogP contribution in [0.25, 0.3) is 0 Å². The van der Waals surface area contributed by atoms with Crippen LogP contribution in [-0.2, 0) is 14.3 Å². The van der Waals surface area contributed by atoms with E-state index < -0.39 is 12.1 Å². The fourth-order valence-electron chi connectivity index (χ4n) is 10.2. The summed E-state index contributed by atoms with van der Waals surface area (Å²) >= 11 is 0. The van der Waals surface area contributed by atoms with Gasteiger partial charge in [-0.05, 0) is 77.0 Å². The number of allylic oxidation sites excluding steroid dienone is 4. The highest BCUT2D eigenvalue weighted by atomic mass is 16.5. The quantitative estimate of drug-likeness (QED) is 0.0320. The van der Waals surface area contributed by atoms with Gasteiger partial charge in [-0.15, -0.1) is 0 Å². The molecule has 0 aromatic carbocycles. The molecule has 0 radical (unpaired) electrons. The number of ether oxygens (including phenoxy) is 1. The van der Waals surface area contributed by atoms with E-state index in [-0.39, 0.29) is 18.5 Å². The Bertz CT molecular complexity index is 1120. The van der Waals surface area contributed by atoms with Crippen LogP contribution < -0.4 is 5.32 Å². The first-order valence-corrected chi connectivity index (χ1v) is 32.6. The van der Waals surface area contributed by atoms with Gasteiger partial charge in [-0.2, -0.15) is 0 Å². The van der Waals surface area contributed by atoms with Gasteiger partial charge >= 0.3 is 5.97 Å². The largest absolute Gasteiger partial charge is 0.466 e. The lowest BCUT2D eigenvalue weighted by Gasteiger charge is -2.22. The Morgan fingerprint density at radius 1 is 0.375 bits per heavy atom. The third-order valence-electron chi connectivity index (χ3n) is 15.2. The Morgan fingerprint density at radius 2 is 0.653 bits per heavy atom. The molecule has 1 amide bonds. The molecule has 0 aromatic rings. The molecule has 0 aliphatic rings. The summed E-state index contributed by atoms with van der Waals surface area (Å²) in [7, 11) is 0. The fraction of sp³-hybridized carbons (Fsp3) is 0.909. The van der Waals surface area contributed by atoms with Gasteiger partial charge < -0.3 is 20.3 Å². The zero-order chi connectivity index (χ0) is 52.2. The SMILES string of the molecule is CCCCCC/C=C\CCCCCCCC(=O)OCCCCCCCCCCCCC/C=C\CCCCCCCCCC(=O)NC(CO)C(O)CCCCCCCCCCCCCCCCCCCCCC. The molecule has 2 atom stereocenters. The first-order chi connectivity index (χ1) is 35.5. The van der Waals surface area contributed by atoms with Crippen LogP contribution in [0.1, 0.15) is 361 Å². The Morgan fingerprint density at radius 3 is 1.00 bits per heavy atom. The summed E-state index contributed by atoms with van der Waals surface area (Å²) in [6, 6.07) is -0.547. The van der Waals surface area contributed by atoms with Crippen LogP contribution in [0.4, 0.5) is 0 Å². The van der Waals surface area contributed by atoms with Gasteiger partial charge in [-0.25, -0.2) is 0 Å². The number of carbonyl (C=O) groups is 2. The molecule has 0 aromatic heterocycles. The number of rotatable bonds is 61. The van der Waals surface area contributed by atoms with Gasteiger partial charge in [0.15, 0.2) is 0 Å². The van der Waals surface area contributed by atoms with E-state index in [4.69, 9.17) is 4.74 Å². The second-order valence-electron chi connectivity index (χ2n) is 22.4. The van der Waals surface area contributed by atoms with E-state index in [9.17, 15) is 19.8 Å². The summed E-state index contributed by atoms with van der Waals surface area (Å²) in [5.74, 6) is -0.0373. The number of hydrogen-bond acceptors (Lipinski definition) is 5. The number of unbranched alkanes of at least 4 members (excludes halogenated alkanes) is 46. The summed E-state index contributed by atoms with van der Waals surface area (Å²) in [6.45, 7) is 4.96. The number of carbonyl (C=O) groups excluding carboxylic acids is 2. The maximum Gasteiger partial charge on any atom is 0.305 e. The number of nitrogens with one attached hydrogen (secondary N) is 1. The Balaban J connectivity index is 3.42. The van der Waals surface area contributed by atoms with Gasteiger partial charge in [0.2, 0.25) is 5.91 Å². The van der Waals surface area contributed by atoms with Crippen molar-refractivity contribution in [3.8, 4) is 0 Å². The molecule has 0 aliphatic carbocycles. The zero-order valence-corrected chi connectivity index (χ0v) is 48.7. The lowest BCUT2D eigenvalue weighted by atomic mass is 10.0. The number of aliphatic hydroxyl groups is 2. The molecule has 0 spiro atoms. The highest BCUT2D eigenvalue weighted by Gasteiger charge is 2.20. The minimum absolute atomic E-state index is 0.00129. The van der Waals surface area contributed by atoms with Crippen LogP contribution in [0.15, 0.2) is 24.3 Å². The molecule has 0 saturated heterocycles. The highest BCUT2D eigenvalue weighted by molar-refractivity contribution is 5.76. The summed E-state index contributed by atoms with van der Waals surface area (Å²) < 4.78 is 5.47. The van der Waals surface area contributed by atoms with E-state index in [1.165, 1.54) is 283 Å². The van der Waals surface area contributed by atoms with Gasteiger partial charge in [0.25, 0.3) is 0 Å². The van der Waals surface area contributed by atoms with Crippen molar-refractivity contribution in [2.45, 2.75) is 373 Å². The minimum Gasteiger partial charge on any atom is -0.466 e. The molecule has 6 heteroatoms. The van der Waals surface area contributed by atoms with Crippen LogP contribution in [0, 0.1) is 0 Å². The second kappa shape index (κ2) is 61.9. The smallest absolute Gasteiger partial charge is 0.305 e. The van der Waals surface area contributed by atoms with Crippen molar-refractivity contribution in [2.24, 2.45) is 0 Å². The Labute approximate surface area is 450 Å². The van der Waals surface area contributed by atoms with Gasteiger partial charge in [0, 0.05) is 12.8 Å². The molecule has 0 rings (SSSR count). The van der Waals surface area contributed by atoms with Crippen molar-refractivity contribution >= 4 is 11.9 Å². The first-order valence-electron chi connectivity index (χ1n) is 32.6. The zero-order valence-electron chi connectivity index (χ0n) is 48.7. The summed E-state index contributed by atoms with van der Waals surface area (Å²) in [6.07, 6.45) is 76.2. The third kappa shape index (κ3) is 57.6. The van der Waals surface area contributed by atoms with Crippen LogP contribution in [0.5, 0.6) is 0 Å². The van der Waals surface area contributed by atoms with Crippen molar-refractivity contribution in [1.82, 2.24) is 5.32 Å². The number of amides is 1. The van der Waals surface area contributed by atoms with E-state index in [2.05, 4.69) is 43.5 Å². The third-order valence-corrected chi connectivity index (χ3v) is 15.2. The van der Waals surface area contributed by atoms with E-state index in [1.54, 1.807) is 0 Å². The molecular formula is C66H127NO5. The molecule has 6 nitrogen and oxygen atoms in total. The normalized spacial score (nSPS) is 12.7. The van der Waals surface area contributed by atoms with Gasteiger partial charge in [-0.1, -0.05) is 295 Å². The molecule has 426 valence electrons. The topological polar surface area (TPSA) is 95.9 Å². The maximum absolute atomic E-state index is 12.5. The van der Waals surface area contributed by atoms with Gasteiger partial charge in [0.1, 0.15) is 0 Å². The first kappa shape index (κ1) is 70.3. The van der Waals surface area contributed by atoms with Crippen molar-refractivity contribution in [3.05, 3.63) is 24.3 Å². The lowest BCUT2D eigenvalue weighted by molar-refractivity contribution is -0.143. The number of esters is 1. The molecule has 0 saturated carbocycles. The Hall–Kier alpha value is -1.66. The number of hydrogen-bond donors (Lipinski definition) is 3. The molecule has 0 fully saturated rings. The number of aliphatic hydroxyl groups excluding tert-OH is 2. The van der Waals surface area contributed by atoms with Crippen molar-refractivity contribution < 1.29 is 24.5 Å². The summed E-state index contributed by atoms with van der Waals surface area (Å²) in [5.41, 5.74) is 0. The maximum atomic E-state index is 12.5. The van der Waals surface area contributed by atoms with E-state index >= 15 is 0 Å². The van der Waals surface area contributed by atoms with Crippen LogP contribution >= 0.6 is 0 Å². The van der Waals surface area contributed by atoms with E-state index in [1.807, 2.05) is 0 Å². The summed E-state index contributed by atoms with van der Waals surface area (Å²) in [5, 5.41) is 23.4. The predicted molar refractivity (Wildman–Crippen MR) is 315 cm³/mol. The van der Waals surface area contributed by atoms with Gasteiger partial charge in [0.05, 0.1) is 25.4 Å². The fourth-order valence-corrected chi connectivity index (χ4v) is 10.2. The average molecular weight is 1010 g/mol. The minimum atomic E-state index is -0.669. The van der Waals surface area contributed by atoms with E-state index in [0.29, 0.717) is 25.9 Å². The predicted octanol–water partition coefficient (Wildman–Crippen LogP) is 20.6. The van der Waals surface area contributed by atoms with Crippen molar-refractivity contribution in [3.63, 3.8) is 0 Å². The van der Waals surface area contributed by atoms with Crippen LogP contribution in [-0.4, -0.2) is 47.4 Å². The van der Waals surface area contributed by atoms with Crippen LogP contribution in [0.2, 0.25) is 0 Å². The van der Waals surface area contributed by atoms with E-state index in [0.717, 1.165) is 44.9 Å². The molecule has 0 aliphatic heterocycles. The van der Waals surface area contributed by atoms with Crippen molar-refractivity contribution in [2.75, 3.05) is 13.2 Å². The average Bonchev–Trinajstić information content (AvgIpc) is 3.38. The van der Waals surface area contributed by atoms with Gasteiger partial charge in [-0.3, -0.25) is 9.59 Å². The molecule has 0 bridgehead atoms. The van der Waals surface area contributed by atoms with Crippen LogP contribution in [0.3, 0.4) is 0 Å². The molecule has 2 unspecified atom stereocenters. The monoisotopic (exact) mass is 1010 g/mol. The second-order valence-corrected chi connectivity index (χ2v) is 22.4.